The van der Waals surface area contributed by atoms with Gasteiger partial charge in [0.1, 0.15) is 6.54 Å². The summed E-state index contributed by atoms with van der Waals surface area (Å²) in [7, 11) is 1.97. The van der Waals surface area contributed by atoms with Gasteiger partial charge in [-0.25, -0.2) is 0 Å². The highest BCUT2D eigenvalue weighted by molar-refractivity contribution is 6.37. The number of carbonyl (C=O) groups is 2. The minimum atomic E-state index is -0.257. The van der Waals surface area contributed by atoms with E-state index < -0.39 is 0 Å². The van der Waals surface area contributed by atoms with E-state index in [4.69, 9.17) is 16.3 Å². The molecule has 192 valence electrons. The van der Waals surface area contributed by atoms with Gasteiger partial charge in [0.05, 0.1) is 40.5 Å². The highest BCUT2D eigenvalue weighted by Crippen LogP contribution is 2.39. The Kier molecular flexibility index (Phi) is 9.21. The Balaban J connectivity index is 0.000000861. The first-order chi connectivity index (χ1) is 17.5. The van der Waals surface area contributed by atoms with E-state index >= 15 is 0 Å². The van der Waals surface area contributed by atoms with E-state index in [0.29, 0.717) is 23.7 Å². The number of benzene rings is 2. The molecule has 0 unspecified atom stereocenters. The number of nitrogens with zero attached hydrogens (tertiary/aromatic N) is 3. The van der Waals surface area contributed by atoms with Gasteiger partial charge >= 0.3 is 5.97 Å². The number of fused-ring (bicyclic) bond motifs is 4. The monoisotopic (exact) mass is 509 g/mol. The molecule has 0 fully saturated rings. The molecule has 1 aliphatic rings. The quantitative estimate of drug-likeness (QED) is 0.202. The number of amides is 1. The number of unbranched alkanes of at least 4 members (excludes halogenated alkanes) is 1. The Morgan fingerprint density at radius 3 is 2.53 bits per heavy atom. The van der Waals surface area contributed by atoms with Crippen LogP contribution in [0.5, 0.6) is 0 Å². The van der Waals surface area contributed by atoms with Gasteiger partial charge in [-0.1, -0.05) is 64.8 Å². The van der Waals surface area contributed by atoms with Crippen LogP contribution in [0.4, 0.5) is 5.69 Å². The maximum atomic E-state index is 13.4. The summed E-state index contributed by atoms with van der Waals surface area (Å²) in [5.74, 6) is -0.317. The standard InChI is InChI=1S/C25H24ClN3O3.2C2H6/c1-3-4-12-32-22(30)15-28-11-10-16-8-9-17(13-20(16)28)29-14-21-24(25(29)31)23-18(26)6-5-7-19(23)27(21)2;2*1-2/h5-11,13H,3-4,12,14-15H2,1-2H3;2*1-2H3. The number of aromatic nitrogens is 2. The largest absolute Gasteiger partial charge is 0.464 e. The van der Waals surface area contributed by atoms with Crippen molar-refractivity contribution in [2.24, 2.45) is 7.05 Å². The number of hydrogen-bond acceptors (Lipinski definition) is 3. The second-order valence-corrected chi connectivity index (χ2v) is 8.57. The molecule has 4 aromatic rings. The maximum absolute atomic E-state index is 13.4. The molecule has 0 bridgehead atoms. The van der Waals surface area contributed by atoms with Crippen LogP contribution in [0.25, 0.3) is 21.8 Å². The summed E-state index contributed by atoms with van der Waals surface area (Å²) in [5.41, 5.74) is 4.26. The minimum absolute atomic E-state index is 0.0601. The molecular weight excluding hydrogens is 474 g/mol. The molecule has 5 rings (SSSR count). The topological polar surface area (TPSA) is 56.5 Å². The van der Waals surface area contributed by atoms with Crippen molar-refractivity contribution < 1.29 is 14.3 Å². The van der Waals surface area contributed by atoms with E-state index in [-0.39, 0.29) is 18.4 Å². The molecule has 0 N–H and O–H groups in total. The van der Waals surface area contributed by atoms with E-state index in [1.165, 1.54) is 0 Å². The molecular formula is C29H36ClN3O3. The maximum Gasteiger partial charge on any atom is 0.325 e. The van der Waals surface area contributed by atoms with E-state index in [1.807, 2.05) is 92.5 Å². The first kappa shape index (κ1) is 27.3. The summed E-state index contributed by atoms with van der Waals surface area (Å²) in [6.07, 6.45) is 3.72. The van der Waals surface area contributed by atoms with Crippen molar-refractivity contribution in [1.29, 1.82) is 0 Å². The molecule has 1 amide bonds. The van der Waals surface area contributed by atoms with Gasteiger partial charge in [0.2, 0.25) is 0 Å². The van der Waals surface area contributed by atoms with Crippen molar-refractivity contribution >= 4 is 51.0 Å². The first-order valence-electron chi connectivity index (χ1n) is 12.8. The van der Waals surface area contributed by atoms with E-state index in [1.54, 1.807) is 4.90 Å². The van der Waals surface area contributed by atoms with Crippen molar-refractivity contribution in [2.75, 3.05) is 11.5 Å². The lowest BCUT2D eigenvalue weighted by Crippen LogP contribution is -2.23. The lowest BCUT2D eigenvalue weighted by atomic mass is 10.1. The number of esters is 1. The highest BCUT2D eigenvalue weighted by Gasteiger charge is 2.35. The van der Waals surface area contributed by atoms with Crippen LogP contribution in [-0.2, 0) is 29.7 Å². The minimum Gasteiger partial charge on any atom is -0.464 e. The number of carbonyl (C=O) groups excluding carboxylic acids is 2. The van der Waals surface area contributed by atoms with Gasteiger partial charge in [0, 0.05) is 24.3 Å². The number of aryl methyl sites for hydroxylation is 1. The fourth-order valence-corrected chi connectivity index (χ4v) is 4.73. The third-order valence-electron chi connectivity index (χ3n) is 6.19. The van der Waals surface area contributed by atoms with Gasteiger partial charge in [-0.3, -0.25) is 9.59 Å². The van der Waals surface area contributed by atoms with Crippen LogP contribution in [-0.4, -0.2) is 27.6 Å². The average molecular weight is 510 g/mol. The molecule has 0 atom stereocenters. The molecule has 36 heavy (non-hydrogen) atoms. The summed E-state index contributed by atoms with van der Waals surface area (Å²) in [5, 5.41) is 2.40. The van der Waals surface area contributed by atoms with Crippen molar-refractivity contribution in [3.63, 3.8) is 0 Å². The van der Waals surface area contributed by atoms with Gasteiger partial charge < -0.3 is 18.8 Å². The molecule has 0 radical (unpaired) electrons. The zero-order valence-corrected chi connectivity index (χ0v) is 22.9. The smallest absolute Gasteiger partial charge is 0.325 e. The number of rotatable bonds is 6. The van der Waals surface area contributed by atoms with Crippen LogP contribution in [0.1, 0.15) is 63.5 Å². The van der Waals surface area contributed by atoms with Crippen LogP contribution in [0.15, 0.2) is 48.7 Å². The van der Waals surface area contributed by atoms with E-state index in [9.17, 15) is 9.59 Å². The van der Waals surface area contributed by atoms with Crippen molar-refractivity contribution in [3.05, 3.63) is 64.9 Å². The first-order valence-corrected chi connectivity index (χ1v) is 13.2. The summed E-state index contributed by atoms with van der Waals surface area (Å²) in [6.45, 7) is 11.1. The fourth-order valence-electron chi connectivity index (χ4n) is 4.47. The second-order valence-electron chi connectivity index (χ2n) is 8.17. The van der Waals surface area contributed by atoms with Crippen LogP contribution in [0.2, 0.25) is 5.02 Å². The highest BCUT2D eigenvalue weighted by atomic mass is 35.5. The zero-order chi connectivity index (χ0) is 26.4. The number of halogens is 1. The molecule has 0 saturated heterocycles. The predicted molar refractivity (Wildman–Crippen MR) is 149 cm³/mol. The Labute approximate surface area is 218 Å². The van der Waals surface area contributed by atoms with Gasteiger partial charge in [-0.2, -0.15) is 0 Å². The van der Waals surface area contributed by atoms with Gasteiger partial charge in [-0.15, -0.1) is 0 Å². The predicted octanol–water partition coefficient (Wildman–Crippen LogP) is 7.34. The van der Waals surface area contributed by atoms with E-state index in [2.05, 4.69) is 6.92 Å². The Morgan fingerprint density at radius 1 is 1.06 bits per heavy atom. The normalized spacial score (nSPS) is 12.2. The SMILES string of the molecule is CC.CC.CCCCOC(=O)Cn1ccc2ccc(N3Cc4c(c5c(Cl)cccc5n4C)C3=O)cc21. The van der Waals surface area contributed by atoms with Crippen LogP contribution in [0.3, 0.4) is 0 Å². The number of hydrogen-bond donors (Lipinski definition) is 0. The third-order valence-corrected chi connectivity index (χ3v) is 6.51. The molecule has 2 aromatic carbocycles. The Bertz CT molecular complexity index is 1370. The molecule has 7 heteroatoms. The molecule has 0 saturated carbocycles. The lowest BCUT2D eigenvalue weighted by Gasteiger charge is -2.18. The van der Waals surface area contributed by atoms with Crippen molar-refractivity contribution in [1.82, 2.24) is 9.13 Å². The van der Waals surface area contributed by atoms with Crippen LogP contribution < -0.4 is 4.90 Å². The molecule has 3 heterocycles. The third kappa shape index (κ3) is 5.00. The summed E-state index contributed by atoms with van der Waals surface area (Å²) in [6, 6.07) is 13.5. The van der Waals surface area contributed by atoms with E-state index in [0.717, 1.165) is 46.0 Å². The van der Waals surface area contributed by atoms with Crippen LogP contribution >= 0.6 is 11.6 Å². The molecule has 0 aliphatic carbocycles. The Morgan fingerprint density at radius 2 is 1.81 bits per heavy atom. The molecule has 6 nitrogen and oxygen atoms in total. The second kappa shape index (κ2) is 12.1. The fraction of sp³-hybridized carbons (Fsp3) is 0.379. The van der Waals surface area contributed by atoms with Gasteiger partial charge in [0.15, 0.2) is 0 Å². The summed E-state index contributed by atoms with van der Waals surface area (Å²) < 4.78 is 9.22. The van der Waals surface area contributed by atoms with Crippen molar-refractivity contribution in [3.8, 4) is 0 Å². The number of ether oxygens (including phenoxy) is 1. The van der Waals surface area contributed by atoms with Gasteiger partial charge in [0.25, 0.3) is 5.91 Å². The van der Waals surface area contributed by atoms with Crippen LogP contribution in [0, 0.1) is 0 Å². The van der Waals surface area contributed by atoms with Gasteiger partial charge in [-0.05, 0) is 42.1 Å². The average Bonchev–Trinajstić information content (AvgIpc) is 3.55. The molecule has 0 spiro atoms. The lowest BCUT2D eigenvalue weighted by molar-refractivity contribution is -0.144. The Hall–Kier alpha value is -3.25. The summed E-state index contributed by atoms with van der Waals surface area (Å²) >= 11 is 6.46. The molecule has 1 aliphatic heterocycles. The zero-order valence-electron chi connectivity index (χ0n) is 22.1. The van der Waals surface area contributed by atoms with Crippen molar-refractivity contribution in [2.45, 2.75) is 60.5 Å². The molecule has 2 aromatic heterocycles. The number of anilines is 1. The summed E-state index contributed by atoms with van der Waals surface area (Å²) in [4.78, 5) is 27.4.